The Hall–Kier alpha value is -1.09. The van der Waals surface area contributed by atoms with Gasteiger partial charge in [0.1, 0.15) is 5.82 Å². The van der Waals surface area contributed by atoms with Gasteiger partial charge in [-0.25, -0.2) is 9.97 Å². The molecule has 0 aromatic carbocycles. The van der Waals surface area contributed by atoms with E-state index in [2.05, 4.69) is 21.9 Å². The zero-order chi connectivity index (χ0) is 10.7. The molecule has 0 saturated heterocycles. The van der Waals surface area contributed by atoms with Gasteiger partial charge in [-0.2, -0.15) is 0 Å². The third kappa shape index (κ3) is 2.29. The highest BCUT2D eigenvalue weighted by Gasteiger charge is 2.16. The molecule has 0 bridgehead atoms. The first-order valence-corrected chi connectivity index (χ1v) is 5.59. The van der Waals surface area contributed by atoms with E-state index in [4.69, 9.17) is 11.6 Å². The normalized spacial score (nSPS) is 14.5. The lowest BCUT2D eigenvalue weighted by atomic mass is 9.96. The van der Waals surface area contributed by atoms with Crippen LogP contribution < -0.4 is 5.32 Å². The van der Waals surface area contributed by atoms with E-state index in [0.717, 1.165) is 24.4 Å². The van der Waals surface area contributed by atoms with Crippen molar-refractivity contribution in [1.82, 2.24) is 9.97 Å². The van der Waals surface area contributed by atoms with Crippen LogP contribution in [0.3, 0.4) is 0 Å². The molecule has 4 heteroatoms. The summed E-state index contributed by atoms with van der Waals surface area (Å²) in [5, 5.41) is 3.55. The average molecular weight is 224 g/mol. The Kier molecular flexibility index (Phi) is 3.21. The van der Waals surface area contributed by atoms with Crippen molar-refractivity contribution in [1.29, 1.82) is 0 Å². The van der Waals surface area contributed by atoms with Crippen LogP contribution in [0.25, 0.3) is 0 Å². The van der Waals surface area contributed by atoms with Crippen molar-refractivity contribution in [2.75, 3.05) is 11.9 Å². The first-order valence-electron chi connectivity index (χ1n) is 5.21. The van der Waals surface area contributed by atoms with E-state index in [-0.39, 0.29) is 0 Å². The van der Waals surface area contributed by atoms with Crippen LogP contribution in [0.4, 0.5) is 5.82 Å². The van der Waals surface area contributed by atoms with Crippen LogP contribution in [0.5, 0.6) is 0 Å². The fourth-order valence-electron chi connectivity index (χ4n) is 1.88. The quantitative estimate of drug-likeness (QED) is 0.632. The second-order valence-electron chi connectivity index (χ2n) is 3.64. The minimum absolute atomic E-state index is 0.335. The number of nitrogens with zero attached hydrogens (tertiary/aromatic N) is 2. The van der Waals surface area contributed by atoms with Crippen LogP contribution in [0.1, 0.15) is 24.1 Å². The summed E-state index contributed by atoms with van der Waals surface area (Å²) in [4.78, 5) is 8.49. The van der Waals surface area contributed by atoms with Gasteiger partial charge in [0.05, 0.1) is 5.69 Å². The minimum Gasteiger partial charge on any atom is -0.366 e. The molecule has 1 aromatic rings. The maximum absolute atomic E-state index is 5.87. The highest BCUT2D eigenvalue weighted by Crippen LogP contribution is 2.26. The number of hydrogen-bond acceptors (Lipinski definition) is 3. The average Bonchev–Trinajstić information content (AvgIpc) is 2.25. The highest BCUT2D eigenvalue weighted by molar-refractivity contribution is 6.28. The smallest absolute Gasteiger partial charge is 0.224 e. The van der Waals surface area contributed by atoms with E-state index in [0.29, 0.717) is 11.8 Å². The Morgan fingerprint density at radius 1 is 1.33 bits per heavy atom. The van der Waals surface area contributed by atoms with Gasteiger partial charge >= 0.3 is 0 Å². The lowest BCUT2D eigenvalue weighted by molar-refractivity contribution is 0.664. The summed E-state index contributed by atoms with van der Waals surface area (Å²) in [6.45, 7) is 4.38. The van der Waals surface area contributed by atoms with Crippen LogP contribution >= 0.6 is 11.6 Å². The molecule has 15 heavy (non-hydrogen) atoms. The van der Waals surface area contributed by atoms with E-state index in [1.807, 2.05) is 6.08 Å². The number of halogens is 1. The van der Waals surface area contributed by atoms with Gasteiger partial charge in [0, 0.05) is 12.1 Å². The second-order valence-corrected chi connectivity index (χ2v) is 3.98. The molecule has 3 nitrogen and oxygen atoms in total. The van der Waals surface area contributed by atoms with E-state index in [9.17, 15) is 0 Å². The number of fused-ring (bicyclic) bond motifs is 1. The summed E-state index contributed by atoms with van der Waals surface area (Å²) in [5.41, 5.74) is 2.33. The molecule has 0 atom stereocenters. The van der Waals surface area contributed by atoms with Crippen LogP contribution in [-0.2, 0) is 12.8 Å². The molecule has 0 unspecified atom stereocenters. The topological polar surface area (TPSA) is 37.8 Å². The zero-order valence-electron chi connectivity index (χ0n) is 8.59. The predicted molar refractivity (Wildman–Crippen MR) is 62.4 cm³/mol. The summed E-state index contributed by atoms with van der Waals surface area (Å²) in [5.74, 6) is 0.879. The van der Waals surface area contributed by atoms with Gasteiger partial charge in [-0.05, 0) is 37.3 Å². The van der Waals surface area contributed by atoms with Crippen molar-refractivity contribution >= 4 is 17.4 Å². The number of aryl methyl sites for hydroxylation is 1. The van der Waals surface area contributed by atoms with Crippen LogP contribution in [-0.4, -0.2) is 16.5 Å². The number of aromatic nitrogens is 2. The first-order chi connectivity index (χ1) is 7.31. The molecule has 0 saturated carbocycles. The molecule has 0 radical (unpaired) electrons. The second kappa shape index (κ2) is 4.62. The number of nitrogens with one attached hydrogen (secondary N) is 1. The molecular weight excluding hydrogens is 210 g/mol. The molecule has 1 heterocycles. The molecule has 2 rings (SSSR count). The maximum Gasteiger partial charge on any atom is 0.224 e. The van der Waals surface area contributed by atoms with Crippen molar-refractivity contribution in [2.45, 2.75) is 25.7 Å². The van der Waals surface area contributed by atoms with Crippen molar-refractivity contribution in [2.24, 2.45) is 0 Å². The lowest BCUT2D eigenvalue weighted by Crippen LogP contribution is -2.12. The van der Waals surface area contributed by atoms with E-state index in [1.54, 1.807) is 0 Å². The number of rotatable bonds is 3. The molecule has 0 amide bonds. The van der Waals surface area contributed by atoms with Gasteiger partial charge in [-0.15, -0.1) is 6.58 Å². The van der Waals surface area contributed by atoms with Gasteiger partial charge in [0.25, 0.3) is 0 Å². The third-order valence-corrected chi connectivity index (χ3v) is 2.74. The van der Waals surface area contributed by atoms with E-state index < -0.39 is 0 Å². The fraction of sp³-hybridized carbons (Fsp3) is 0.455. The molecule has 80 valence electrons. The molecule has 0 fully saturated rings. The van der Waals surface area contributed by atoms with Crippen molar-refractivity contribution < 1.29 is 0 Å². The maximum atomic E-state index is 5.87. The summed E-state index contributed by atoms with van der Waals surface area (Å²) >= 11 is 5.87. The summed E-state index contributed by atoms with van der Waals surface area (Å²) < 4.78 is 0. The largest absolute Gasteiger partial charge is 0.366 e. The lowest BCUT2D eigenvalue weighted by Gasteiger charge is -2.18. The Balaban J connectivity index is 2.34. The molecule has 1 aliphatic carbocycles. The van der Waals surface area contributed by atoms with Gasteiger partial charge in [0.2, 0.25) is 5.28 Å². The number of anilines is 1. The molecule has 1 aromatic heterocycles. The molecule has 1 N–H and O–H groups in total. The summed E-state index contributed by atoms with van der Waals surface area (Å²) in [7, 11) is 0. The van der Waals surface area contributed by atoms with Crippen molar-refractivity contribution in [3.63, 3.8) is 0 Å². The van der Waals surface area contributed by atoms with Gasteiger partial charge in [-0.1, -0.05) is 6.08 Å². The van der Waals surface area contributed by atoms with Gasteiger partial charge in [-0.3, -0.25) is 0 Å². The Morgan fingerprint density at radius 3 is 2.93 bits per heavy atom. The molecule has 0 spiro atoms. The van der Waals surface area contributed by atoms with Gasteiger partial charge in [0.15, 0.2) is 0 Å². The van der Waals surface area contributed by atoms with E-state index in [1.165, 1.54) is 18.4 Å². The summed E-state index contributed by atoms with van der Waals surface area (Å²) in [6.07, 6.45) is 6.28. The SMILES string of the molecule is C=CCNc1nc(Cl)nc2c1CCCC2. The fourth-order valence-corrected chi connectivity index (χ4v) is 2.07. The highest BCUT2D eigenvalue weighted by atomic mass is 35.5. The monoisotopic (exact) mass is 223 g/mol. The summed E-state index contributed by atoms with van der Waals surface area (Å²) in [6, 6.07) is 0. The zero-order valence-corrected chi connectivity index (χ0v) is 9.35. The molecule has 1 aliphatic rings. The first kappa shape index (κ1) is 10.4. The molecular formula is C11H14ClN3. The van der Waals surface area contributed by atoms with Crippen molar-refractivity contribution in [3.8, 4) is 0 Å². The van der Waals surface area contributed by atoms with Gasteiger partial charge < -0.3 is 5.32 Å². The van der Waals surface area contributed by atoms with Crippen LogP contribution in [0.15, 0.2) is 12.7 Å². The van der Waals surface area contributed by atoms with Crippen molar-refractivity contribution in [3.05, 3.63) is 29.2 Å². The standard InChI is InChI=1S/C11H14ClN3/c1-2-7-13-10-8-5-3-4-6-9(8)14-11(12)15-10/h2H,1,3-7H2,(H,13,14,15). The molecule has 0 aliphatic heterocycles. The number of hydrogen-bond donors (Lipinski definition) is 1. The Labute approximate surface area is 94.6 Å². The Bertz CT molecular complexity index is 376. The van der Waals surface area contributed by atoms with Crippen LogP contribution in [0.2, 0.25) is 5.28 Å². The third-order valence-electron chi connectivity index (χ3n) is 2.57. The minimum atomic E-state index is 0.335. The van der Waals surface area contributed by atoms with Crippen LogP contribution in [0, 0.1) is 0 Å². The van der Waals surface area contributed by atoms with E-state index >= 15 is 0 Å². The Morgan fingerprint density at radius 2 is 2.13 bits per heavy atom. The predicted octanol–water partition coefficient (Wildman–Crippen LogP) is 2.61.